The van der Waals surface area contributed by atoms with E-state index in [4.69, 9.17) is 11.6 Å². The Morgan fingerprint density at radius 1 is 1.20 bits per heavy atom. The lowest BCUT2D eigenvalue weighted by molar-refractivity contribution is -0.127. The molecule has 10 nitrogen and oxygen atoms in total. The van der Waals surface area contributed by atoms with Gasteiger partial charge in [0.05, 0.1) is 39.1 Å². The number of carbonyl (C=O) groups is 1. The zero-order chi connectivity index (χ0) is 32.3. The van der Waals surface area contributed by atoms with Crippen LogP contribution in [-0.4, -0.2) is 67.3 Å². The molecule has 234 valence electrons. The molecule has 2 aromatic carbocycles. The normalized spacial score (nSPS) is 17.9. The fourth-order valence-corrected chi connectivity index (χ4v) is 7.05. The molecular weight excluding hydrogens is 599 g/mol. The number of nitrogens with zero attached hydrogens (tertiary/aromatic N) is 5. The molecular formula is C33H34ClFN6O4. The molecule has 1 saturated heterocycles. The smallest absolute Gasteiger partial charge is 0.354 e. The van der Waals surface area contributed by atoms with Crippen LogP contribution in [0.25, 0.3) is 27.7 Å². The monoisotopic (exact) mass is 632 g/mol. The van der Waals surface area contributed by atoms with Gasteiger partial charge in [-0.25, -0.2) is 9.18 Å². The molecule has 2 aliphatic rings. The number of fused-ring (bicyclic) bond motifs is 2. The Hall–Kier alpha value is -4.64. The largest absolute Gasteiger partial charge is 0.507 e. The highest BCUT2D eigenvalue weighted by atomic mass is 35.5. The summed E-state index contributed by atoms with van der Waals surface area (Å²) >= 11 is 7.01. The minimum Gasteiger partial charge on any atom is -0.507 e. The van der Waals surface area contributed by atoms with Crippen LogP contribution >= 0.6 is 11.6 Å². The van der Waals surface area contributed by atoms with Crippen LogP contribution in [-0.2, 0) is 4.79 Å². The third kappa shape index (κ3) is 4.77. The minimum absolute atomic E-state index is 0.0800. The molecule has 12 heteroatoms. The molecule has 0 bridgehead atoms. The number of piperazine rings is 1. The molecule has 1 amide bonds. The molecule has 1 fully saturated rings. The Balaban J connectivity index is 1.79. The van der Waals surface area contributed by atoms with Crippen molar-refractivity contribution in [2.75, 3.05) is 29.9 Å². The van der Waals surface area contributed by atoms with E-state index < -0.39 is 11.5 Å². The summed E-state index contributed by atoms with van der Waals surface area (Å²) < 4.78 is 18.7. The molecule has 0 aliphatic carbocycles. The number of hydrogen-bond acceptors (Lipinski definition) is 8. The third-order valence-corrected chi connectivity index (χ3v) is 9.06. The van der Waals surface area contributed by atoms with E-state index in [-0.39, 0.29) is 68.3 Å². The van der Waals surface area contributed by atoms with Crippen molar-refractivity contribution in [1.82, 2.24) is 19.4 Å². The van der Waals surface area contributed by atoms with E-state index in [1.165, 1.54) is 28.8 Å². The lowest BCUT2D eigenvalue weighted by atomic mass is 9.95. The van der Waals surface area contributed by atoms with Gasteiger partial charge in [-0.2, -0.15) is 4.98 Å². The van der Waals surface area contributed by atoms with Crippen LogP contribution in [0.4, 0.5) is 15.9 Å². The summed E-state index contributed by atoms with van der Waals surface area (Å²) in [6, 6.07) is 5.29. The zero-order valence-corrected chi connectivity index (χ0v) is 26.2. The van der Waals surface area contributed by atoms with Crippen molar-refractivity contribution in [3.05, 3.63) is 75.7 Å². The fraction of sp³-hybridized carbons (Fsp3) is 0.333. The number of pyridine rings is 1. The number of aromatic hydroxyl groups is 2. The number of amides is 1. The number of halogens is 2. The topological polar surface area (TPSA) is 124 Å². The fourth-order valence-electron chi connectivity index (χ4n) is 6.72. The van der Waals surface area contributed by atoms with Crippen LogP contribution in [0.2, 0.25) is 5.02 Å². The minimum atomic E-state index is -0.915. The van der Waals surface area contributed by atoms with Crippen LogP contribution in [0, 0.1) is 12.7 Å². The van der Waals surface area contributed by atoms with Gasteiger partial charge in [0.25, 0.3) is 0 Å². The molecule has 45 heavy (non-hydrogen) atoms. The predicted molar refractivity (Wildman–Crippen MR) is 173 cm³/mol. The number of benzene rings is 2. The molecule has 6 rings (SSSR count). The average Bonchev–Trinajstić information content (AvgIpc) is 2.98. The SMILES string of the molecule is C=CC(=O)N1CC(C)N2c3nc(=O)n(-c4c(C)ccnc4C(C)C)c4c(F)c(-c5c(O)cccc5O)c(Cl)c(c34)NCCC2C1. The van der Waals surface area contributed by atoms with Crippen molar-refractivity contribution in [2.45, 2.75) is 52.1 Å². The summed E-state index contributed by atoms with van der Waals surface area (Å²) in [6.45, 7) is 12.3. The Labute approximate surface area is 264 Å². The number of nitrogens with one attached hydrogen (secondary N) is 1. The van der Waals surface area contributed by atoms with Crippen LogP contribution in [0.5, 0.6) is 11.5 Å². The van der Waals surface area contributed by atoms with E-state index in [9.17, 15) is 19.8 Å². The van der Waals surface area contributed by atoms with E-state index in [1.807, 2.05) is 32.6 Å². The summed E-state index contributed by atoms with van der Waals surface area (Å²) in [5.41, 5.74) is 0.641. The number of rotatable bonds is 4. The quantitative estimate of drug-likeness (QED) is 0.252. The second-order valence-corrected chi connectivity index (χ2v) is 12.3. The molecule has 3 N–H and O–H groups in total. The van der Waals surface area contributed by atoms with Gasteiger partial charge in [0, 0.05) is 37.4 Å². The second kappa shape index (κ2) is 11.4. The summed E-state index contributed by atoms with van der Waals surface area (Å²) in [5.74, 6) is -1.77. The zero-order valence-electron chi connectivity index (χ0n) is 25.4. The number of phenolic OH excluding ortho intramolecular Hbond substituents is 2. The highest BCUT2D eigenvalue weighted by molar-refractivity contribution is 6.38. The maximum Gasteiger partial charge on any atom is 0.354 e. The number of carbonyl (C=O) groups excluding carboxylic acids is 1. The molecule has 4 heterocycles. The molecule has 2 aromatic heterocycles. The van der Waals surface area contributed by atoms with Gasteiger partial charge in [-0.15, -0.1) is 0 Å². The van der Waals surface area contributed by atoms with E-state index >= 15 is 4.39 Å². The van der Waals surface area contributed by atoms with Crippen LogP contribution in [0.15, 0.2) is 47.9 Å². The maximum absolute atomic E-state index is 17.4. The molecule has 4 aromatic rings. The Morgan fingerprint density at radius 2 is 1.91 bits per heavy atom. The van der Waals surface area contributed by atoms with Crippen molar-refractivity contribution < 1.29 is 19.4 Å². The summed E-state index contributed by atoms with van der Waals surface area (Å²) in [6.07, 6.45) is 3.47. The number of aryl methyl sites for hydroxylation is 1. The van der Waals surface area contributed by atoms with E-state index in [0.29, 0.717) is 48.7 Å². The van der Waals surface area contributed by atoms with E-state index in [1.54, 1.807) is 17.2 Å². The lowest BCUT2D eigenvalue weighted by Crippen LogP contribution is -2.60. The van der Waals surface area contributed by atoms with Gasteiger partial charge in [0.2, 0.25) is 5.91 Å². The van der Waals surface area contributed by atoms with Gasteiger partial charge in [0.1, 0.15) is 22.8 Å². The molecule has 2 unspecified atom stereocenters. The van der Waals surface area contributed by atoms with Gasteiger partial charge in [-0.05, 0) is 56.0 Å². The predicted octanol–water partition coefficient (Wildman–Crippen LogP) is 5.49. The standard InChI is InChI=1S/C33H34ClFN6O4/c1-6-22(44)39-14-18(5)40-19(15-39)11-13-37-29-25-31(27(35)24(26(29)34)23-20(42)8-7-9-21(23)43)41(33(45)38-32(25)40)30-17(4)10-12-36-28(30)16(2)3/h6-10,12,16,18-19,37,42-43H,1,11,13-15H2,2-5H3. The van der Waals surface area contributed by atoms with Crippen molar-refractivity contribution in [1.29, 1.82) is 0 Å². The number of anilines is 2. The first-order valence-corrected chi connectivity index (χ1v) is 15.2. The van der Waals surface area contributed by atoms with Crippen molar-refractivity contribution in [3.8, 4) is 28.3 Å². The van der Waals surface area contributed by atoms with Crippen molar-refractivity contribution >= 4 is 39.9 Å². The number of aromatic nitrogens is 3. The van der Waals surface area contributed by atoms with Crippen LogP contribution in [0.3, 0.4) is 0 Å². The van der Waals surface area contributed by atoms with E-state index in [2.05, 4.69) is 21.9 Å². The lowest BCUT2D eigenvalue weighted by Gasteiger charge is -2.47. The van der Waals surface area contributed by atoms with Gasteiger partial charge >= 0.3 is 5.69 Å². The maximum atomic E-state index is 17.4. The highest BCUT2D eigenvalue weighted by Crippen LogP contribution is 2.50. The summed E-state index contributed by atoms with van der Waals surface area (Å²) in [4.78, 5) is 39.8. The average molecular weight is 633 g/mol. The third-order valence-electron chi connectivity index (χ3n) is 8.68. The number of phenols is 2. The first-order chi connectivity index (χ1) is 21.5. The molecule has 0 radical (unpaired) electrons. The summed E-state index contributed by atoms with van der Waals surface area (Å²) in [7, 11) is 0. The van der Waals surface area contributed by atoms with Gasteiger partial charge < -0.3 is 25.3 Å². The van der Waals surface area contributed by atoms with Crippen molar-refractivity contribution in [3.63, 3.8) is 0 Å². The Bertz CT molecular complexity index is 1920. The summed E-state index contributed by atoms with van der Waals surface area (Å²) in [5, 5.41) is 25.2. The molecule has 0 spiro atoms. The van der Waals surface area contributed by atoms with Crippen molar-refractivity contribution in [2.24, 2.45) is 0 Å². The highest BCUT2D eigenvalue weighted by Gasteiger charge is 2.39. The molecule has 2 atom stereocenters. The second-order valence-electron chi connectivity index (χ2n) is 11.9. The molecule has 0 saturated carbocycles. The Morgan fingerprint density at radius 3 is 2.58 bits per heavy atom. The van der Waals surface area contributed by atoms with Gasteiger partial charge in [-0.1, -0.05) is 38.1 Å². The number of hydrogen-bond donors (Lipinski definition) is 3. The first kappa shape index (κ1) is 30.4. The van der Waals surface area contributed by atoms with Gasteiger partial charge in [-0.3, -0.25) is 14.3 Å². The Kier molecular flexibility index (Phi) is 7.68. The van der Waals surface area contributed by atoms with Crippen LogP contribution in [0.1, 0.15) is 44.4 Å². The molecule has 2 aliphatic heterocycles. The first-order valence-electron chi connectivity index (χ1n) is 14.8. The van der Waals surface area contributed by atoms with Crippen LogP contribution < -0.4 is 15.9 Å². The van der Waals surface area contributed by atoms with E-state index in [0.717, 1.165) is 0 Å². The van der Waals surface area contributed by atoms with Gasteiger partial charge in [0.15, 0.2) is 5.82 Å².